The lowest BCUT2D eigenvalue weighted by Crippen LogP contribution is -2.49. The Balaban J connectivity index is 1.70. The summed E-state index contributed by atoms with van der Waals surface area (Å²) >= 11 is 12.5. The van der Waals surface area contributed by atoms with Crippen LogP contribution in [0.3, 0.4) is 0 Å². The molecule has 0 unspecified atom stereocenters. The molecule has 0 radical (unpaired) electrons. The van der Waals surface area contributed by atoms with Crippen molar-refractivity contribution < 1.29 is 23.2 Å². The van der Waals surface area contributed by atoms with Crippen LogP contribution in [0.4, 0.5) is 20.2 Å². The molecule has 214 valence electrons. The highest BCUT2D eigenvalue weighted by molar-refractivity contribution is 6.31. The fraction of sp³-hybridized carbons (Fsp3) is 0.300. The van der Waals surface area contributed by atoms with Crippen LogP contribution in [-0.4, -0.2) is 29.8 Å². The number of nitrogens with one attached hydrogen (secondary N) is 3. The van der Waals surface area contributed by atoms with Gasteiger partial charge in [0.15, 0.2) is 0 Å². The monoisotopic (exact) mass is 600 g/mol. The summed E-state index contributed by atoms with van der Waals surface area (Å²) in [7, 11) is 0. The predicted octanol–water partition coefficient (Wildman–Crippen LogP) is 5.76. The lowest BCUT2D eigenvalue weighted by molar-refractivity contribution is -0.122. The fourth-order valence-corrected chi connectivity index (χ4v) is 6.49. The molecule has 4 atom stereocenters. The number of benzene rings is 3. The molecule has 3 aromatic carbocycles. The van der Waals surface area contributed by atoms with Crippen molar-refractivity contribution in [3.05, 3.63) is 93.0 Å². The third-order valence-electron chi connectivity index (χ3n) is 7.73. The molecule has 0 aliphatic carbocycles. The fourth-order valence-electron chi connectivity index (χ4n) is 6.13. The molecule has 5 N–H and O–H groups in total. The maximum absolute atomic E-state index is 15.8. The molecule has 1 spiro atoms. The van der Waals surface area contributed by atoms with E-state index in [9.17, 15) is 18.8 Å². The number of carbonyl (C=O) groups is 3. The molecule has 1 fully saturated rings. The number of hydrogen-bond donors (Lipinski definition) is 4. The molecule has 3 aromatic rings. The van der Waals surface area contributed by atoms with E-state index in [1.807, 2.05) is 20.8 Å². The average molecular weight is 601 g/mol. The standard InChI is InChI=1S/C30H28Cl2F2N4O3/c1-29(2,3)13-22-30(17-9-8-15(31)12-21(17)37-28(30)41)23(16-5-4-6-18(32)24(16)34)25(38-22)27(40)36-20-10-7-14(26(35)39)11-19(20)33/h4-12,22-23,25,38H,13H2,1-3H3,(H2,35,39)(H,36,40)(H,37,41)/t22-,23-,25+,30+/m0/s1. The zero-order valence-electron chi connectivity index (χ0n) is 22.4. The normalized spacial score (nSPS) is 23.4. The summed E-state index contributed by atoms with van der Waals surface area (Å²) in [6.07, 6.45) is 0.423. The second kappa shape index (κ2) is 10.4. The zero-order valence-corrected chi connectivity index (χ0v) is 24.0. The van der Waals surface area contributed by atoms with Crippen LogP contribution in [0.25, 0.3) is 0 Å². The minimum atomic E-state index is -1.45. The van der Waals surface area contributed by atoms with Crippen molar-refractivity contribution in [1.82, 2.24) is 5.32 Å². The molecule has 0 aromatic heterocycles. The molecule has 0 saturated carbocycles. The summed E-state index contributed by atoms with van der Waals surface area (Å²) in [5, 5.41) is 9.00. The van der Waals surface area contributed by atoms with E-state index in [0.717, 1.165) is 6.07 Å². The minimum Gasteiger partial charge on any atom is -0.366 e. The highest BCUT2D eigenvalue weighted by Gasteiger charge is 2.66. The third kappa shape index (κ3) is 4.96. The predicted molar refractivity (Wildman–Crippen MR) is 154 cm³/mol. The van der Waals surface area contributed by atoms with Gasteiger partial charge in [-0.25, -0.2) is 8.78 Å². The first-order chi connectivity index (χ1) is 19.2. The highest BCUT2D eigenvalue weighted by Crippen LogP contribution is 2.57. The molecule has 2 aliphatic rings. The van der Waals surface area contributed by atoms with Crippen molar-refractivity contribution >= 4 is 52.3 Å². The maximum atomic E-state index is 15.8. The first kappa shape index (κ1) is 29.0. The summed E-state index contributed by atoms with van der Waals surface area (Å²) in [5.41, 5.74) is 4.28. The first-order valence-electron chi connectivity index (χ1n) is 13.0. The molecule has 11 heteroatoms. The molecule has 5 rings (SSSR count). The molecule has 2 heterocycles. The molecule has 7 nitrogen and oxygen atoms in total. The maximum Gasteiger partial charge on any atom is 0.248 e. The molecule has 2 aliphatic heterocycles. The van der Waals surface area contributed by atoms with Crippen LogP contribution >= 0.6 is 23.2 Å². The van der Waals surface area contributed by atoms with Gasteiger partial charge in [-0.15, -0.1) is 0 Å². The largest absolute Gasteiger partial charge is 0.366 e. The Hall–Kier alpha value is -3.53. The van der Waals surface area contributed by atoms with Crippen LogP contribution in [0.1, 0.15) is 54.6 Å². The Bertz CT molecular complexity index is 1590. The van der Waals surface area contributed by atoms with Gasteiger partial charge in [-0.3, -0.25) is 14.4 Å². The summed E-state index contributed by atoms with van der Waals surface area (Å²) < 4.78 is 30.7. The average Bonchev–Trinajstić information content (AvgIpc) is 3.35. The minimum absolute atomic E-state index is 0.0593. The molecule has 41 heavy (non-hydrogen) atoms. The Morgan fingerprint density at radius 1 is 1.07 bits per heavy atom. The Morgan fingerprint density at radius 3 is 2.46 bits per heavy atom. The van der Waals surface area contributed by atoms with Gasteiger partial charge in [-0.05, 0) is 59.4 Å². The van der Waals surface area contributed by atoms with Gasteiger partial charge < -0.3 is 21.7 Å². The quantitative estimate of drug-likeness (QED) is 0.298. The van der Waals surface area contributed by atoms with Crippen molar-refractivity contribution in [2.24, 2.45) is 11.1 Å². The van der Waals surface area contributed by atoms with Crippen LogP contribution < -0.4 is 21.7 Å². The highest BCUT2D eigenvalue weighted by atomic mass is 35.5. The smallest absolute Gasteiger partial charge is 0.248 e. The van der Waals surface area contributed by atoms with Crippen molar-refractivity contribution in [1.29, 1.82) is 0 Å². The van der Waals surface area contributed by atoms with Crippen molar-refractivity contribution in [3.63, 3.8) is 0 Å². The second-order valence-corrected chi connectivity index (χ2v) is 12.5. The number of rotatable bonds is 5. The number of carbonyl (C=O) groups excluding carboxylic acids is 3. The van der Waals surface area contributed by atoms with Crippen LogP contribution in [0.2, 0.25) is 10.0 Å². The van der Waals surface area contributed by atoms with E-state index in [-0.39, 0.29) is 27.3 Å². The van der Waals surface area contributed by atoms with E-state index in [1.54, 1.807) is 24.3 Å². The number of primary amides is 1. The SMILES string of the molecule is CC(C)(C)C[C@@H]1N[C@@H](C(=O)Nc2ccc(C(N)=O)cc2F)[C@H](c2cccc(Cl)c2F)[C@]12C(=O)Nc1cc(Cl)ccc12. The van der Waals surface area contributed by atoms with Crippen LogP contribution in [0.5, 0.6) is 0 Å². The van der Waals surface area contributed by atoms with E-state index in [2.05, 4.69) is 16.0 Å². The Morgan fingerprint density at radius 2 is 1.80 bits per heavy atom. The van der Waals surface area contributed by atoms with Gasteiger partial charge in [0, 0.05) is 28.2 Å². The summed E-state index contributed by atoms with van der Waals surface area (Å²) in [6, 6.07) is 11.0. The zero-order chi connectivity index (χ0) is 29.9. The first-order valence-corrected chi connectivity index (χ1v) is 13.7. The molecule has 0 bridgehead atoms. The van der Waals surface area contributed by atoms with Crippen LogP contribution in [-0.2, 0) is 15.0 Å². The van der Waals surface area contributed by atoms with Gasteiger partial charge in [0.25, 0.3) is 0 Å². The van der Waals surface area contributed by atoms with E-state index in [4.69, 9.17) is 28.9 Å². The summed E-state index contributed by atoms with van der Waals surface area (Å²) in [5.74, 6) is -4.68. The van der Waals surface area contributed by atoms with Gasteiger partial charge in [-0.2, -0.15) is 0 Å². The van der Waals surface area contributed by atoms with Crippen LogP contribution in [0.15, 0.2) is 54.6 Å². The van der Waals surface area contributed by atoms with Gasteiger partial charge in [0.05, 0.1) is 16.8 Å². The molecular weight excluding hydrogens is 573 g/mol. The van der Waals surface area contributed by atoms with Crippen molar-refractivity contribution in [3.8, 4) is 0 Å². The van der Waals surface area contributed by atoms with E-state index < -0.39 is 52.8 Å². The van der Waals surface area contributed by atoms with Gasteiger partial charge in [0.2, 0.25) is 17.7 Å². The Labute approximate surface area is 245 Å². The Kier molecular flexibility index (Phi) is 7.34. The third-order valence-corrected chi connectivity index (χ3v) is 8.26. The number of amides is 3. The van der Waals surface area contributed by atoms with Crippen molar-refractivity contribution in [2.75, 3.05) is 10.6 Å². The van der Waals surface area contributed by atoms with Crippen molar-refractivity contribution in [2.45, 2.75) is 50.6 Å². The van der Waals surface area contributed by atoms with E-state index in [1.165, 1.54) is 24.3 Å². The van der Waals surface area contributed by atoms with E-state index >= 15 is 4.39 Å². The molecular formula is C30H28Cl2F2N4O3. The van der Waals surface area contributed by atoms with Gasteiger partial charge in [-0.1, -0.05) is 62.2 Å². The van der Waals surface area contributed by atoms with Crippen LogP contribution in [0, 0.1) is 17.0 Å². The van der Waals surface area contributed by atoms with Gasteiger partial charge >= 0.3 is 0 Å². The number of fused-ring (bicyclic) bond motifs is 2. The lowest BCUT2D eigenvalue weighted by atomic mass is 9.62. The molecule has 1 saturated heterocycles. The summed E-state index contributed by atoms with van der Waals surface area (Å²) in [4.78, 5) is 39.6. The number of nitrogens with two attached hydrogens (primary N) is 1. The van der Waals surface area contributed by atoms with Gasteiger partial charge in [0.1, 0.15) is 17.0 Å². The topological polar surface area (TPSA) is 113 Å². The lowest BCUT2D eigenvalue weighted by Gasteiger charge is -2.37. The van der Waals surface area contributed by atoms with E-state index in [0.29, 0.717) is 22.7 Å². The summed E-state index contributed by atoms with van der Waals surface area (Å²) in [6.45, 7) is 5.99. The number of anilines is 2. The second-order valence-electron chi connectivity index (χ2n) is 11.6. The molecule has 3 amide bonds. The number of halogens is 4. The number of hydrogen-bond acceptors (Lipinski definition) is 4.